The van der Waals surface area contributed by atoms with Crippen LogP contribution in [0.1, 0.15) is 21.5 Å². The first kappa shape index (κ1) is 11.6. The zero-order chi connectivity index (χ0) is 13.2. The van der Waals surface area contributed by atoms with Gasteiger partial charge in [-0.15, -0.1) is 0 Å². The highest BCUT2D eigenvalue weighted by Crippen LogP contribution is 2.18. The second-order valence-electron chi connectivity index (χ2n) is 4.55. The fraction of sp³-hybridized carbons (Fsp3) is 0.0588. The molecule has 3 aromatic rings. The van der Waals surface area contributed by atoms with E-state index in [2.05, 4.69) is 4.98 Å². The Bertz CT molecular complexity index is 762. The third-order valence-corrected chi connectivity index (χ3v) is 3.26. The maximum absolute atomic E-state index is 12.5. The largest absolute Gasteiger partial charge is 0.289 e. The molecule has 2 aromatic carbocycles. The first-order chi connectivity index (χ1) is 9.25. The van der Waals surface area contributed by atoms with E-state index in [1.165, 1.54) is 0 Å². The van der Waals surface area contributed by atoms with Crippen LogP contribution in [0.3, 0.4) is 0 Å². The van der Waals surface area contributed by atoms with Crippen LogP contribution < -0.4 is 0 Å². The van der Waals surface area contributed by atoms with Gasteiger partial charge in [-0.05, 0) is 24.6 Å². The van der Waals surface area contributed by atoms with E-state index in [1.54, 1.807) is 6.20 Å². The molecule has 0 fully saturated rings. The fourth-order valence-electron chi connectivity index (χ4n) is 2.19. The smallest absolute Gasteiger partial charge is 0.193 e. The number of carbonyl (C=O) groups is 1. The summed E-state index contributed by atoms with van der Waals surface area (Å²) in [6.07, 6.45) is 1.74. The SMILES string of the molecule is Cc1ccccc1C(=O)c1ccc2cccnc2c1. The van der Waals surface area contributed by atoms with Crippen molar-refractivity contribution >= 4 is 16.7 Å². The third kappa shape index (κ3) is 2.13. The predicted octanol–water partition coefficient (Wildman–Crippen LogP) is 3.77. The van der Waals surface area contributed by atoms with E-state index in [1.807, 2.05) is 61.5 Å². The van der Waals surface area contributed by atoms with Crippen molar-refractivity contribution in [2.45, 2.75) is 6.92 Å². The molecule has 2 heteroatoms. The molecular weight excluding hydrogens is 234 g/mol. The standard InChI is InChI=1S/C17H13NO/c1-12-5-2-3-7-15(12)17(19)14-9-8-13-6-4-10-18-16(13)11-14/h2-11H,1H3. The zero-order valence-electron chi connectivity index (χ0n) is 10.6. The minimum absolute atomic E-state index is 0.0469. The van der Waals surface area contributed by atoms with Crippen molar-refractivity contribution in [2.75, 3.05) is 0 Å². The Morgan fingerprint density at radius 2 is 1.84 bits per heavy atom. The monoisotopic (exact) mass is 247 g/mol. The van der Waals surface area contributed by atoms with Crippen LogP contribution in [-0.4, -0.2) is 10.8 Å². The lowest BCUT2D eigenvalue weighted by molar-refractivity contribution is 0.103. The second kappa shape index (κ2) is 4.65. The number of aromatic nitrogens is 1. The first-order valence-electron chi connectivity index (χ1n) is 6.21. The summed E-state index contributed by atoms with van der Waals surface area (Å²) in [6.45, 7) is 1.95. The molecule has 0 atom stereocenters. The Morgan fingerprint density at radius 1 is 1.00 bits per heavy atom. The molecule has 92 valence electrons. The average molecular weight is 247 g/mol. The number of carbonyl (C=O) groups excluding carboxylic acids is 1. The number of nitrogens with zero attached hydrogens (tertiary/aromatic N) is 1. The molecule has 0 N–H and O–H groups in total. The van der Waals surface area contributed by atoms with Crippen molar-refractivity contribution in [3.63, 3.8) is 0 Å². The molecule has 0 bridgehead atoms. The molecule has 19 heavy (non-hydrogen) atoms. The summed E-state index contributed by atoms with van der Waals surface area (Å²) in [4.78, 5) is 16.8. The van der Waals surface area contributed by atoms with Crippen LogP contribution in [0.2, 0.25) is 0 Å². The molecule has 2 nitrogen and oxygen atoms in total. The zero-order valence-corrected chi connectivity index (χ0v) is 10.6. The Morgan fingerprint density at radius 3 is 2.68 bits per heavy atom. The van der Waals surface area contributed by atoms with Gasteiger partial charge < -0.3 is 0 Å². The summed E-state index contributed by atoms with van der Waals surface area (Å²) in [6, 6.07) is 17.2. The van der Waals surface area contributed by atoms with Gasteiger partial charge in [0.05, 0.1) is 5.52 Å². The minimum atomic E-state index is 0.0469. The molecule has 0 saturated heterocycles. The molecule has 0 unspecified atom stereocenters. The molecule has 0 amide bonds. The van der Waals surface area contributed by atoms with Crippen LogP contribution in [0, 0.1) is 6.92 Å². The van der Waals surface area contributed by atoms with Gasteiger partial charge >= 0.3 is 0 Å². The van der Waals surface area contributed by atoms with E-state index in [0.717, 1.165) is 22.0 Å². The Labute approximate surface area is 111 Å². The first-order valence-corrected chi connectivity index (χ1v) is 6.21. The highest BCUT2D eigenvalue weighted by molar-refractivity contribution is 6.11. The van der Waals surface area contributed by atoms with Gasteiger partial charge in [0.1, 0.15) is 0 Å². The second-order valence-corrected chi connectivity index (χ2v) is 4.55. The summed E-state index contributed by atoms with van der Waals surface area (Å²) < 4.78 is 0. The van der Waals surface area contributed by atoms with Gasteiger partial charge in [-0.1, -0.05) is 42.5 Å². The van der Waals surface area contributed by atoms with Crippen molar-refractivity contribution in [1.82, 2.24) is 4.98 Å². The van der Waals surface area contributed by atoms with E-state index in [-0.39, 0.29) is 5.78 Å². The third-order valence-electron chi connectivity index (χ3n) is 3.26. The Balaban J connectivity index is 2.09. The van der Waals surface area contributed by atoms with Crippen LogP contribution in [-0.2, 0) is 0 Å². The van der Waals surface area contributed by atoms with Crippen molar-refractivity contribution in [3.05, 3.63) is 77.5 Å². The maximum atomic E-state index is 12.5. The Hall–Kier alpha value is -2.48. The van der Waals surface area contributed by atoms with E-state index in [9.17, 15) is 4.79 Å². The van der Waals surface area contributed by atoms with E-state index in [4.69, 9.17) is 0 Å². The van der Waals surface area contributed by atoms with Crippen molar-refractivity contribution in [2.24, 2.45) is 0 Å². The number of hydrogen-bond donors (Lipinski definition) is 0. The molecule has 0 radical (unpaired) electrons. The average Bonchev–Trinajstić information content (AvgIpc) is 2.46. The lowest BCUT2D eigenvalue weighted by atomic mass is 9.98. The molecule has 1 aromatic heterocycles. The van der Waals surface area contributed by atoms with Gasteiger partial charge in [0, 0.05) is 22.7 Å². The number of aryl methyl sites for hydroxylation is 1. The van der Waals surface area contributed by atoms with Gasteiger partial charge in [-0.2, -0.15) is 0 Å². The van der Waals surface area contributed by atoms with Crippen LogP contribution >= 0.6 is 0 Å². The molecule has 0 aliphatic heterocycles. The normalized spacial score (nSPS) is 10.6. The quantitative estimate of drug-likeness (QED) is 0.645. The lowest BCUT2D eigenvalue weighted by Crippen LogP contribution is -2.03. The number of benzene rings is 2. The molecule has 0 spiro atoms. The summed E-state index contributed by atoms with van der Waals surface area (Å²) in [5.41, 5.74) is 3.27. The number of hydrogen-bond acceptors (Lipinski definition) is 2. The maximum Gasteiger partial charge on any atom is 0.193 e. The summed E-state index contributed by atoms with van der Waals surface area (Å²) >= 11 is 0. The van der Waals surface area contributed by atoms with E-state index in [0.29, 0.717) is 5.56 Å². The van der Waals surface area contributed by atoms with Gasteiger partial charge in [0.2, 0.25) is 0 Å². The summed E-state index contributed by atoms with van der Waals surface area (Å²) in [7, 11) is 0. The number of pyridine rings is 1. The van der Waals surface area contributed by atoms with Crippen molar-refractivity contribution in [1.29, 1.82) is 0 Å². The molecular formula is C17H13NO. The Kier molecular flexibility index (Phi) is 2.84. The lowest BCUT2D eigenvalue weighted by Gasteiger charge is -2.05. The van der Waals surface area contributed by atoms with Gasteiger partial charge in [-0.3, -0.25) is 9.78 Å². The van der Waals surface area contributed by atoms with Gasteiger partial charge in [-0.25, -0.2) is 0 Å². The molecule has 0 aliphatic rings. The van der Waals surface area contributed by atoms with Gasteiger partial charge in [0.15, 0.2) is 5.78 Å². The molecule has 0 saturated carbocycles. The molecule has 1 heterocycles. The highest BCUT2D eigenvalue weighted by atomic mass is 16.1. The van der Waals surface area contributed by atoms with E-state index >= 15 is 0 Å². The number of fused-ring (bicyclic) bond motifs is 1. The highest BCUT2D eigenvalue weighted by Gasteiger charge is 2.11. The number of ketones is 1. The fourth-order valence-corrected chi connectivity index (χ4v) is 2.19. The van der Waals surface area contributed by atoms with Crippen LogP contribution in [0.15, 0.2) is 60.8 Å². The van der Waals surface area contributed by atoms with Crippen molar-refractivity contribution in [3.8, 4) is 0 Å². The molecule has 0 aliphatic carbocycles. The van der Waals surface area contributed by atoms with E-state index < -0.39 is 0 Å². The van der Waals surface area contributed by atoms with Crippen LogP contribution in [0.25, 0.3) is 10.9 Å². The van der Waals surface area contributed by atoms with Gasteiger partial charge in [0.25, 0.3) is 0 Å². The summed E-state index contributed by atoms with van der Waals surface area (Å²) in [5, 5.41) is 1.05. The summed E-state index contributed by atoms with van der Waals surface area (Å²) in [5.74, 6) is 0.0469. The minimum Gasteiger partial charge on any atom is -0.289 e. The predicted molar refractivity (Wildman–Crippen MR) is 76.4 cm³/mol. The number of rotatable bonds is 2. The van der Waals surface area contributed by atoms with Crippen LogP contribution in [0.4, 0.5) is 0 Å². The van der Waals surface area contributed by atoms with Crippen LogP contribution in [0.5, 0.6) is 0 Å². The van der Waals surface area contributed by atoms with Crippen molar-refractivity contribution < 1.29 is 4.79 Å². The molecule has 3 rings (SSSR count). The topological polar surface area (TPSA) is 30.0 Å².